The average molecular weight is 301 g/mol. The van der Waals surface area contributed by atoms with Crippen molar-refractivity contribution in [2.45, 2.75) is 85.0 Å². The predicted molar refractivity (Wildman–Crippen MR) is 94.5 cm³/mol. The Hall–Kier alpha value is -0.0800. The summed E-state index contributed by atoms with van der Waals surface area (Å²) < 4.78 is 6.92. The Bertz CT molecular complexity index is 216. The molecular formula is C19H42NO+. The summed E-state index contributed by atoms with van der Waals surface area (Å²) in [6, 6.07) is 0. The first-order chi connectivity index (χ1) is 10.0. The highest BCUT2D eigenvalue weighted by molar-refractivity contribution is 4.49. The number of nitrogens with zero attached hydrogens (tertiary/aromatic N) is 1. The maximum atomic E-state index is 5.91. The molecule has 21 heavy (non-hydrogen) atoms. The fourth-order valence-corrected chi connectivity index (χ4v) is 2.82. The smallest absolute Gasteiger partial charge is 0.182 e. The van der Waals surface area contributed by atoms with E-state index in [0.717, 1.165) is 17.8 Å². The standard InChI is InChI=1S/C19H42NO/c1-6-8-9-10-11-12-13-14-16-20(4,5)18-21-17-19(3)15-7-2/h19H,6-18H2,1-5H3/q+1. The zero-order chi connectivity index (χ0) is 16.0. The van der Waals surface area contributed by atoms with Crippen LogP contribution in [0.2, 0.25) is 0 Å². The molecule has 0 spiro atoms. The lowest BCUT2D eigenvalue weighted by atomic mass is 10.1. The van der Waals surface area contributed by atoms with E-state index >= 15 is 0 Å². The van der Waals surface area contributed by atoms with Crippen LogP contribution in [0.25, 0.3) is 0 Å². The molecule has 0 aromatic heterocycles. The first kappa shape index (κ1) is 20.9. The van der Waals surface area contributed by atoms with Gasteiger partial charge in [0.1, 0.15) is 0 Å². The van der Waals surface area contributed by atoms with Crippen LogP contribution in [0.15, 0.2) is 0 Å². The number of ether oxygens (including phenoxy) is 1. The molecule has 1 atom stereocenters. The van der Waals surface area contributed by atoms with E-state index in [0.29, 0.717) is 5.92 Å². The van der Waals surface area contributed by atoms with Gasteiger partial charge in [0, 0.05) is 0 Å². The third kappa shape index (κ3) is 14.6. The molecule has 1 unspecified atom stereocenters. The maximum Gasteiger partial charge on any atom is 0.182 e. The summed E-state index contributed by atoms with van der Waals surface area (Å²) in [6.45, 7) is 9.86. The lowest BCUT2D eigenvalue weighted by Gasteiger charge is -2.29. The van der Waals surface area contributed by atoms with Crippen LogP contribution in [0.5, 0.6) is 0 Å². The minimum Gasteiger partial charge on any atom is -0.331 e. The van der Waals surface area contributed by atoms with E-state index in [1.807, 2.05) is 0 Å². The number of hydrogen-bond donors (Lipinski definition) is 0. The van der Waals surface area contributed by atoms with Crippen LogP contribution in [0.3, 0.4) is 0 Å². The highest BCUT2D eigenvalue weighted by Crippen LogP contribution is 2.11. The molecule has 0 fully saturated rings. The molecule has 0 heterocycles. The number of quaternary nitrogens is 1. The highest BCUT2D eigenvalue weighted by atomic mass is 16.5. The molecule has 0 rings (SSSR count). The normalized spacial score (nSPS) is 13.6. The van der Waals surface area contributed by atoms with E-state index in [2.05, 4.69) is 34.9 Å². The molecule has 0 saturated carbocycles. The lowest BCUT2D eigenvalue weighted by Crippen LogP contribution is -2.42. The number of hydrogen-bond acceptors (Lipinski definition) is 1. The second-order valence-electron chi connectivity index (χ2n) is 7.53. The highest BCUT2D eigenvalue weighted by Gasteiger charge is 2.15. The summed E-state index contributed by atoms with van der Waals surface area (Å²) in [7, 11) is 4.59. The summed E-state index contributed by atoms with van der Waals surface area (Å²) in [5.41, 5.74) is 0. The van der Waals surface area contributed by atoms with Crippen molar-refractivity contribution in [3.8, 4) is 0 Å². The fraction of sp³-hybridized carbons (Fsp3) is 1.00. The van der Waals surface area contributed by atoms with Crippen LogP contribution >= 0.6 is 0 Å². The molecular weight excluding hydrogens is 258 g/mol. The van der Waals surface area contributed by atoms with Gasteiger partial charge < -0.3 is 9.22 Å². The van der Waals surface area contributed by atoms with Gasteiger partial charge in [-0.2, -0.15) is 0 Å². The van der Waals surface area contributed by atoms with Crippen molar-refractivity contribution < 1.29 is 9.22 Å². The monoisotopic (exact) mass is 300 g/mol. The second-order valence-corrected chi connectivity index (χ2v) is 7.53. The van der Waals surface area contributed by atoms with Gasteiger partial charge in [0.15, 0.2) is 6.73 Å². The van der Waals surface area contributed by atoms with Gasteiger partial charge in [-0.05, 0) is 25.2 Å². The van der Waals surface area contributed by atoms with Crippen LogP contribution in [-0.2, 0) is 4.74 Å². The molecule has 128 valence electrons. The Labute approximate surface area is 134 Å². The topological polar surface area (TPSA) is 9.23 Å². The third-order valence-corrected chi connectivity index (χ3v) is 4.24. The molecule has 0 N–H and O–H groups in total. The summed E-state index contributed by atoms with van der Waals surface area (Å²) in [5.74, 6) is 0.707. The first-order valence-corrected chi connectivity index (χ1v) is 9.41. The molecule has 0 aliphatic carbocycles. The van der Waals surface area contributed by atoms with E-state index < -0.39 is 0 Å². The molecule has 2 nitrogen and oxygen atoms in total. The van der Waals surface area contributed by atoms with Gasteiger partial charge in [-0.15, -0.1) is 0 Å². The fourth-order valence-electron chi connectivity index (χ4n) is 2.82. The van der Waals surface area contributed by atoms with Crippen molar-refractivity contribution in [1.29, 1.82) is 0 Å². The van der Waals surface area contributed by atoms with Gasteiger partial charge in [0.05, 0.1) is 27.2 Å². The van der Waals surface area contributed by atoms with Gasteiger partial charge >= 0.3 is 0 Å². The zero-order valence-corrected chi connectivity index (χ0v) is 15.6. The molecule has 2 heteroatoms. The number of unbranched alkanes of at least 4 members (excludes halogenated alkanes) is 7. The largest absolute Gasteiger partial charge is 0.331 e. The van der Waals surface area contributed by atoms with Gasteiger partial charge in [-0.3, -0.25) is 0 Å². The Morgan fingerprint density at radius 2 is 1.38 bits per heavy atom. The van der Waals surface area contributed by atoms with Crippen LogP contribution in [0, 0.1) is 5.92 Å². The van der Waals surface area contributed by atoms with Crippen molar-refractivity contribution in [2.24, 2.45) is 5.92 Å². The molecule has 0 aliphatic heterocycles. The summed E-state index contributed by atoms with van der Waals surface area (Å²) in [4.78, 5) is 0. The summed E-state index contributed by atoms with van der Waals surface area (Å²) in [5, 5.41) is 0. The van der Waals surface area contributed by atoms with E-state index in [1.54, 1.807) is 0 Å². The SMILES string of the molecule is CCCCCCCCCC[N+](C)(C)COCC(C)CCC. The maximum absolute atomic E-state index is 5.91. The first-order valence-electron chi connectivity index (χ1n) is 9.41. The molecule has 0 aromatic rings. The van der Waals surface area contributed by atoms with Crippen molar-refractivity contribution in [1.82, 2.24) is 0 Å². The molecule has 0 aromatic carbocycles. The minimum atomic E-state index is 0.707. The van der Waals surface area contributed by atoms with Gasteiger partial charge in [0.2, 0.25) is 0 Å². The van der Waals surface area contributed by atoms with Crippen molar-refractivity contribution in [3.63, 3.8) is 0 Å². The van der Waals surface area contributed by atoms with Gasteiger partial charge in [-0.1, -0.05) is 65.7 Å². The molecule has 0 radical (unpaired) electrons. The van der Waals surface area contributed by atoms with E-state index in [-0.39, 0.29) is 0 Å². The summed E-state index contributed by atoms with van der Waals surface area (Å²) >= 11 is 0. The van der Waals surface area contributed by atoms with Crippen molar-refractivity contribution >= 4 is 0 Å². The van der Waals surface area contributed by atoms with Crippen molar-refractivity contribution in [2.75, 3.05) is 34.0 Å². The number of rotatable bonds is 15. The predicted octanol–water partition coefficient (Wildman–Crippen LogP) is 5.61. The van der Waals surface area contributed by atoms with Crippen LogP contribution in [0.4, 0.5) is 0 Å². The van der Waals surface area contributed by atoms with E-state index in [1.165, 1.54) is 70.8 Å². The average Bonchev–Trinajstić information content (AvgIpc) is 2.42. The Morgan fingerprint density at radius 3 is 1.95 bits per heavy atom. The second kappa shape index (κ2) is 13.6. The molecule has 0 amide bonds. The quantitative estimate of drug-likeness (QED) is 0.217. The van der Waals surface area contributed by atoms with Crippen LogP contribution < -0.4 is 0 Å². The minimum absolute atomic E-state index is 0.707. The van der Waals surface area contributed by atoms with Gasteiger partial charge in [-0.25, -0.2) is 0 Å². The third-order valence-electron chi connectivity index (χ3n) is 4.24. The van der Waals surface area contributed by atoms with E-state index in [4.69, 9.17) is 4.74 Å². The molecule has 0 saturated heterocycles. The Kier molecular flexibility index (Phi) is 13.5. The van der Waals surface area contributed by atoms with Crippen molar-refractivity contribution in [3.05, 3.63) is 0 Å². The lowest BCUT2D eigenvalue weighted by molar-refractivity contribution is -0.910. The molecule has 0 aliphatic rings. The Balaban J connectivity index is 3.46. The van der Waals surface area contributed by atoms with Crippen LogP contribution in [-0.4, -0.2) is 38.5 Å². The summed E-state index contributed by atoms with van der Waals surface area (Å²) in [6.07, 6.45) is 13.8. The van der Waals surface area contributed by atoms with Crippen LogP contribution in [0.1, 0.15) is 85.0 Å². The van der Waals surface area contributed by atoms with E-state index in [9.17, 15) is 0 Å². The Morgan fingerprint density at radius 1 is 0.810 bits per heavy atom. The van der Waals surface area contributed by atoms with Gasteiger partial charge in [0.25, 0.3) is 0 Å². The zero-order valence-electron chi connectivity index (χ0n) is 15.6. The molecule has 0 bridgehead atoms.